The second kappa shape index (κ2) is 9.74. The van der Waals surface area contributed by atoms with Crippen LogP contribution < -0.4 is 4.90 Å². The van der Waals surface area contributed by atoms with E-state index in [0.717, 1.165) is 16.8 Å². The Balaban J connectivity index is 1.73. The van der Waals surface area contributed by atoms with Gasteiger partial charge in [0, 0.05) is 30.5 Å². The lowest BCUT2D eigenvalue weighted by molar-refractivity contribution is -0.122. The van der Waals surface area contributed by atoms with Crippen LogP contribution in [0.4, 0.5) is 5.69 Å². The standard InChI is InChI=1S/C21H22N2O4S3/c1-2-23-20(24)19(29-21(23)28)11-6-3-8-16-12-14-22(13-7-15-30(25,26)27)18-10-5-4-9-17(16)18/h3-6,8-12,14H,2,7,13,15H2,1H3,(H,25,26,27). The first-order chi connectivity index (χ1) is 14.3. The van der Waals surface area contributed by atoms with Crippen LogP contribution >= 0.6 is 24.0 Å². The maximum absolute atomic E-state index is 12.2. The first kappa shape index (κ1) is 22.5. The summed E-state index contributed by atoms with van der Waals surface area (Å²) in [6.45, 7) is 2.95. The molecule has 1 aromatic rings. The molecule has 2 heterocycles. The fourth-order valence-corrected chi connectivity index (χ4v) is 4.98. The molecule has 158 valence electrons. The van der Waals surface area contributed by atoms with Crippen molar-refractivity contribution in [3.05, 3.63) is 71.3 Å². The number of benzene rings is 1. The fourth-order valence-electron chi connectivity index (χ4n) is 3.16. The third-order valence-electron chi connectivity index (χ3n) is 4.58. The largest absolute Gasteiger partial charge is 0.347 e. The number of thioether (sulfide) groups is 1. The first-order valence-electron chi connectivity index (χ1n) is 9.42. The molecule has 2 aliphatic rings. The van der Waals surface area contributed by atoms with E-state index in [2.05, 4.69) is 0 Å². The first-order valence-corrected chi connectivity index (χ1v) is 12.3. The number of nitrogens with zero attached hydrogens (tertiary/aromatic N) is 2. The summed E-state index contributed by atoms with van der Waals surface area (Å²) >= 11 is 6.52. The molecular weight excluding hydrogens is 440 g/mol. The van der Waals surface area contributed by atoms with Crippen LogP contribution in [-0.2, 0) is 14.9 Å². The minimum atomic E-state index is -3.96. The van der Waals surface area contributed by atoms with Gasteiger partial charge in [0.15, 0.2) is 0 Å². The summed E-state index contributed by atoms with van der Waals surface area (Å²) in [5.74, 6) is -0.330. The van der Waals surface area contributed by atoms with Gasteiger partial charge in [0.1, 0.15) is 4.32 Å². The molecule has 1 amide bonds. The molecule has 1 saturated heterocycles. The quantitative estimate of drug-likeness (QED) is 0.373. The number of thiocarbonyl (C=S) groups is 1. The zero-order valence-electron chi connectivity index (χ0n) is 16.4. The molecule has 3 rings (SSSR count). The highest BCUT2D eigenvalue weighted by Gasteiger charge is 2.29. The highest BCUT2D eigenvalue weighted by molar-refractivity contribution is 8.26. The van der Waals surface area contributed by atoms with Gasteiger partial charge in [-0.25, -0.2) is 0 Å². The molecule has 1 fully saturated rings. The predicted octanol–water partition coefficient (Wildman–Crippen LogP) is 4.00. The Kier molecular flexibility index (Phi) is 7.30. The Morgan fingerprint density at radius 3 is 2.63 bits per heavy atom. The van der Waals surface area contributed by atoms with Crippen molar-refractivity contribution in [1.29, 1.82) is 0 Å². The van der Waals surface area contributed by atoms with Gasteiger partial charge >= 0.3 is 0 Å². The lowest BCUT2D eigenvalue weighted by Gasteiger charge is -2.27. The average Bonchev–Trinajstić information content (AvgIpc) is 2.98. The van der Waals surface area contributed by atoms with Crippen molar-refractivity contribution in [1.82, 2.24) is 4.90 Å². The number of amides is 1. The van der Waals surface area contributed by atoms with Gasteiger partial charge in [0.05, 0.1) is 10.7 Å². The molecule has 6 nitrogen and oxygen atoms in total. The number of para-hydroxylation sites is 1. The Hall–Kier alpha value is -2.20. The highest BCUT2D eigenvalue weighted by Crippen LogP contribution is 2.33. The lowest BCUT2D eigenvalue weighted by Crippen LogP contribution is -2.27. The van der Waals surface area contributed by atoms with Crippen LogP contribution in [0, 0.1) is 0 Å². The average molecular weight is 463 g/mol. The molecule has 0 atom stereocenters. The summed E-state index contributed by atoms with van der Waals surface area (Å²) in [7, 11) is -3.96. The van der Waals surface area contributed by atoms with Crippen molar-refractivity contribution in [3.8, 4) is 0 Å². The number of fused-ring (bicyclic) bond motifs is 1. The van der Waals surface area contributed by atoms with Crippen LogP contribution in [0.1, 0.15) is 18.9 Å². The number of allylic oxidation sites excluding steroid dienone is 6. The fraction of sp³-hybridized carbons (Fsp3) is 0.238. The molecule has 9 heteroatoms. The number of likely N-dealkylation sites (N-methyl/N-ethyl adjacent to an activating group) is 1. The normalized spacial score (nSPS) is 19.5. The summed E-state index contributed by atoms with van der Waals surface area (Å²) in [4.78, 5) is 16.4. The van der Waals surface area contributed by atoms with Crippen LogP contribution in [0.3, 0.4) is 0 Å². The number of hydrogen-bond donors (Lipinski definition) is 1. The number of rotatable bonds is 7. The van der Waals surface area contributed by atoms with Crippen LogP contribution in [0.2, 0.25) is 0 Å². The van der Waals surface area contributed by atoms with Gasteiger partial charge in [-0.1, -0.05) is 60.4 Å². The molecule has 0 spiro atoms. The summed E-state index contributed by atoms with van der Waals surface area (Å²) < 4.78 is 31.4. The number of carbonyl (C=O) groups is 1. The Labute approximate surface area is 186 Å². The van der Waals surface area contributed by atoms with E-state index in [-0.39, 0.29) is 11.7 Å². The summed E-state index contributed by atoms with van der Waals surface area (Å²) in [5, 5.41) is 0. The number of anilines is 1. The van der Waals surface area contributed by atoms with Crippen molar-refractivity contribution in [2.75, 3.05) is 23.7 Å². The van der Waals surface area contributed by atoms with Gasteiger partial charge in [0.25, 0.3) is 16.0 Å². The monoisotopic (exact) mass is 462 g/mol. The third kappa shape index (κ3) is 5.48. The van der Waals surface area contributed by atoms with Crippen molar-refractivity contribution >= 4 is 55.6 Å². The molecule has 0 radical (unpaired) electrons. The van der Waals surface area contributed by atoms with Crippen molar-refractivity contribution in [2.45, 2.75) is 13.3 Å². The molecule has 0 saturated carbocycles. The molecule has 0 aliphatic carbocycles. The summed E-state index contributed by atoms with van der Waals surface area (Å²) in [6.07, 6.45) is 11.6. The molecule has 1 aromatic carbocycles. The Morgan fingerprint density at radius 1 is 1.20 bits per heavy atom. The maximum atomic E-state index is 12.2. The van der Waals surface area contributed by atoms with Crippen LogP contribution in [-0.4, -0.2) is 46.9 Å². The third-order valence-corrected chi connectivity index (χ3v) is 6.78. The van der Waals surface area contributed by atoms with Gasteiger partial charge < -0.3 is 4.90 Å². The van der Waals surface area contributed by atoms with E-state index >= 15 is 0 Å². The van der Waals surface area contributed by atoms with E-state index in [1.807, 2.05) is 66.6 Å². The summed E-state index contributed by atoms with van der Waals surface area (Å²) in [6, 6.07) is 7.85. The zero-order chi connectivity index (χ0) is 21.7. The minimum Gasteiger partial charge on any atom is -0.347 e. The maximum Gasteiger partial charge on any atom is 0.266 e. The number of carbonyl (C=O) groups excluding carboxylic acids is 1. The van der Waals surface area contributed by atoms with Gasteiger partial charge in [-0.15, -0.1) is 0 Å². The Morgan fingerprint density at radius 2 is 1.93 bits per heavy atom. The molecule has 0 bridgehead atoms. The van der Waals surface area contributed by atoms with Crippen molar-refractivity contribution < 1.29 is 17.8 Å². The molecule has 0 aromatic heterocycles. The second-order valence-corrected chi connectivity index (χ2v) is 9.87. The van der Waals surface area contributed by atoms with E-state index in [1.54, 1.807) is 11.0 Å². The van der Waals surface area contributed by atoms with Crippen LogP contribution in [0.15, 0.2) is 65.8 Å². The zero-order valence-corrected chi connectivity index (χ0v) is 18.8. The van der Waals surface area contributed by atoms with Gasteiger partial charge in [-0.05, 0) is 37.1 Å². The SMILES string of the molecule is CCN1C(=O)C(=CC=CC=C2C=CN(CCCS(=O)(=O)O)c3ccccc32)SC1=S. The number of hydrogen-bond acceptors (Lipinski definition) is 6. The van der Waals surface area contributed by atoms with E-state index in [4.69, 9.17) is 16.8 Å². The van der Waals surface area contributed by atoms with Gasteiger partial charge in [0.2, 0.25) is 0 Å². The van der Waals surface area contributed by atoms with E-state index in [1.165, 1.54) is 11.8 Å². The minimum absolute atomic E-state index is 0.0618. The molecule has 2 aliphatic heterocycles. The molecular formula is C21H22N2O4S3. The van der Waals surface area contributed by atoms with Gasteiger partial charge in [-0.3, -0.25) is 14.2 Å². The smallest absolute Gasteiger partial charge is 0.266 e. The molecule has 30 heavy (non-hydrogen) atoms. The van der Waals surface area contributed by atoms with E-state index < -0.39 is 10.1 Å². The van der Waals surface area contributed by atoms with Crippen LogP contribution in [0.5, 0.6) is 0 Å². The summed E-state index contributed by atoms with van der Waals surface area (Å²) in [5.41, 5.74) is 3.00. The van der Waals surface area contributed by atoms with E-state index in [9.17, 15) is 13.2 Å². The Bertz CT molecular complexity index is 1070. The molecule has 0 unspecified atom stereocenters. The van der Waals surface area contributed by atoms with Gasteiger partial charge in [-0.2, -0.15) is 8.42 Å². The molecule has 1 N–H and O–H groups in total. The second-order valence-electron chi connectivity index (χ2n) is 6.62. The van der Waals surface area contributed by atoms with E-state index in [0.29, 0.717) is 28.7 Å². The lowest BCUT2D eigenvalue weighted by atomic mass is 9.99. The van der Waals surface area contributed by atoms with Crippen molar-refractivity contribution in [3.63, 3.8) is 0 Å². The highest BCUT2D eigenvalue weighted by atomic mass is 32.2. The topological polar surface area (TPSA) is 77.9 Å². The van der Waals surface area contributed by atoms with Crippen molar-refractivity contribution in [2.24, 2.45) is 0 Å². The van der Waals surface area contributed by atoms with Crippen LogP contribution in [0.25, 0.3) is 5.57 Å². The predicted molar refractivity (Wildman–Crippen MR) is 127 cm³/mol.